The third-order valence-electron chi connectivity index (χ3n) is 2.94. The SMILES string of the molecule is Cc1ccc(NC(=O)c2ccc(Cl)cc2F)cc1C. The molecule has 0 radical (unpaired) electrons. The molecular weight excluding hydrogens is 265 g/mol. The summed E-state index contributed by atoms with van der Waals surface area (Å²) in [6.45, 7) is 3.94. The number of benzene rings is 2. The van der Waals surface area contributed by atoms with Crippen LogP contribution in [0.2, 0.25) is 5.02 Å². The molecule has 2 aromatic carbocycles. The van der Waals surface area contributed by atoms with Crippen molar-refractivity contribution in [3.8, 4) is 0 Å². The maximum Gasteiger partial charge on any atom is 0.258 e. The van der Waals surface area contributed by atoms with Gasteiger partial charge in [-0.2, -0.15) is 0 Å². The number of hydrogen-bond donors (Lipinski definition) is 1. The molecule has 1 N–H and O–H groups in total. The second kappa shape index (κ2) is 5.41. The van der Waals surface area contributed by atoms with Gasteiger partial charge in [0.2, 0.25) is 0 Å². The van der Waals surface area contributed by atoms with Crippen molar-refractivity contribution in [3.63, 3.8) is 0 Å². The van der Waals surface area contributed by atoms with E-state index >= 15 is 0 Å². The van der Waals surface area contributed by atoms with Gasteiger partial charge in [0.25, 0.3) is 5.91 Å². The molecule has 2 rings (SSSR count). The second-order valence-corrected chi connectivity index (χ2v) is 4.81. The largest absolute Gasteiger partial charge is 0.322 e. The van der Waals surface area contributed by atoms with Crippen LogP contribution in [0.15, 0.2) is 36.4 Å². The molecule has 0 aliphatic carbocycles. The smallest absolute Gasteiger partial charge is 0.258 e. The summed E-state index contributed by atoms with van der Waals surface area (Å²) in [5.41, 5.74) is 2.81. The fourth-order valence-corrected chi connectivity index (χ4v) is 1.85. The lowest BCUT2D eigenvalue weighted by atomic mass is 10.1. The van der Waals surface area contributed by atoms with Crippen molar-refractivity contribution in [1.82, 2.24) is 0 Å². The predicted molar refractivity (Wildman–Crippen MR) is 75.3 cm³/mol. The number of amides is 1. The summed E-state index contributed by atoms with van der Waals surface area (Å²) >= 11 is 5.65. The summed E-state index contributed by atoms with van der Waals surface area (Å²) in [7, 11) is 0. The highest BCUT2D eigenvalue weighted by Gasteiger charge is 2.12. The standard InChI is InChI=1S/C15H13ClFNO/c1-9-3-5-12(7-10(9)2)18-15(19)13-6-4-11(16)8-14(13)17/h3-8H,1-2H3,(H,18,19). The zero-order chi connectivity index (χ0) is 14.0. The Morgan fingerprint density at radius 3 is 2.47 bits per heavy atom. The highest BCUT2D eigenvalue weighted by atomic mass is 35.5. The number of nitrogens with one attached hydrogen (secondary N) is 1. The summed E-state index contributed by atoms with van der Waals surface area (Å²) in [5.74, 6) is -1.12. The van der Waals surface area contributed by atoms with Crippen LogP contribution in [0, 0.1) is 19.7 Å². The first-order chi connectivity index (χ1) is 8.97. The molecular formula is C15H13ClFNO. The van der Waals surface area contributed by atoms with E-state index < -0.39 is 11.7 Å². The Labute approximate surface area is 116 Å². The molecule has 0 aliphatic heterocycles. The van der Waals surface area contributed by atoms with Crippen molar-refractivity contribution in [2.45, 2.75) is 13.8 Å². The average Bonchev–Trinajstić information content (AvgIpc) is 2.33. The number of hydrogen-bond acceptors (Lipinski definition) is 1. The molecule has 0 aliphatic rings. The maximum atomic E-state index is 13.6. The van der Waals surface area contributed by atoms with Crippen LogP contribution in [0.4, 0.5) is 10.1 Å². The Morgan fingerprint density at radius 2 is 1.84 bits per heavy atom. The number of carbonyl (C=O) groups is 1. The van der Waals surface area contributed by atoms with Crippen LogP contribution in [0.3, 0.4) is 0 Å². The lowest BCUT2D eigenvalue weighted by molar-refractivity contribution is 0.102. The molecule has 0 unspecified atom stereocenters. The minimum atomic E-state index is -0.631. The molecule has 0 heterocycles. The van der Waals surface area contributed by atoms with Gasteiger partial charge in [-0.25, -0.2) is 4.39 Å². The van der Waals surface area contributed by atoms with Crippen molar-refractivity contribution >= 4 is 23.2 Å². The monoisotopic (exact) mass is 277 g/mol. The molecule has 98 valence electrons. The predicted octanol–water partition coefficient (Wildman–Crippen LogP) is 4.35. The Kier molecular flexibility index (Phi) is 3.86. The van der Waals surface area contributed by atoms with Gasteiger partial charge in [0, 0.05) is 10.7 Å². The van der Waals surface area contributed by atoms with E-state index in [1.165, 1.54) is 12.1 Å². The normalized spacial score (nSPS) is 10.3. The summed E-state index contributed by atoms with van der Waals surface area (Å²) in [4.78, 5) is 11.9. The van der Waals surface area contributed by atoms with Gasteiger partial charge in [-0.1, -0.05) is 17.7 Å². The molecule has 19 heavy (non-hydrogen) atoms. The molecule has 0 saturated heterocycles. The second-order valence-electron chi connectivity index (χ2n) is 4.38. The van der Waals surface area contributed by atoms with Crippen LogP contribution in [0.1, 0.15) is 21.5 Å². The zero-order valence-corrected chi connectivity index (χ0v) is 11.4. The Balaban J connectivity index is 2.23. The fourth-order valence-electron chi connectivity index (χ4n) is 1.69. The minimum Gasteiger partial charge on any atom is -0.322 e. The topological polar surface area (TPSA) is 29.1 Å². The number of aryl methyl sites for hydroxylation is 2. The van der Waals surface area contributed by atoms with Crippen molar-refractivity contribution in [2.24, 2.45) is 0 Å². The lowest BCUT2D eigenvalue weighted by Crippen LogP contribution is -2.13. The van der Waals surface area contributed by atoms with Gasteiger partial charge < -0.3 is 5.32 Å². The Hall–Kier alpha value is -1.87. The summed E-state index contributed by atoms with van der Waals surface area (Å²) in [6.07, 6.45) is 0. The molecule has 0 saturated carbocycles. The van der Waals surface area contributed by atoms with E-state index in [1.807, 2.05) is 26.0 Å². The van der Waals surface area contributed by atoms with Gasteiger partial charge >= 0.3 is 0 Å². The van der Waals surface area contributed by atoms with E-state index in [4.69, 9.17) is 11.6 Å². The molecule has 4 heteroatoms. The molecule has 0 bridgehead atoms. The van der Waals surface area contributed by atoms with Gasteiger partial charge in [0.1, 0.15) is 5.82 Å². The summed E-state index contributed by atoms with van der Waals surface area (Å²) in [6, 6.07) is 9.52. The molecule has 0 aromatic heterocycles. The van der Waals surface area contributed by atoms with Gasteiger partial charge in [-0.3, -0.25) is 4.79 Å². The first kappa shape index (κ1) is 13.6. The Morgan fingerprint density at radius 1 is 1.11 bits per heavy atom. The van der Waals surface area contributed by atoms with E-state index in [1.54, 1.807) is 6.07 Å². The fraction of sp³-hybridized carbons (Fsp3) is 0.133. The van der Waals surface area contributed by atoms with Crippen LogP contribution < -0.4 is 5.32 Å². The van der Waals surface area contributed by atoms with Gasteiger partial charge in [-0.05, 0) is 55.3 Å². The molecule has 2 nitrogen and oxygen atoms in total. The number of carbonyl (C=O) groups excluding carboxylic acids is 1. The minimum absolute atomic E-state index is 0.0253. The van der Waals surface area contributed by atoms with Gasteiger partial charge in [-0.15, -0.1) is 0 Å². The van der Waals surface area contributed by atoms with E-state index in [0.29, 0.717) is 5.69 Å². The van der Waals surface area contributed by atoms with E-state index in [9.17, 15) is 9.18 Å². The van der Waals surface area contributed by atoms with Gasteiger partial charge in [0.15, 0.2) is 0 Å². The van der Waals surface area contributed by atoms with Crippen LogP contribution in [-0.4, -0.2) is 5.91 Å². The van der Waals surface area contributed by atoms with Crippen LogP contribution in [-0.2, 0) is 0 Å². The Bertz CT molecular complexity index is 640. The van der Waals surface area contributed by atoms with Crippen LogP contribution >= 0.6 is 11.6 Å². The third kappa shape index (κ3) is 3.12. The quantitative estimate of drug-likeness (QED) is 0.869. The summed E-state index contributed by atoms with van der Waals surface area (Å²) < 4.78 is 13.6. The third-order valence-corrected chi connectivity index (χ3v) is 3.18. The number of anilines is 1. The first-order valence-electron chi connectivity index (χ1n) is 5.81. The zero-order valence-electron chi connectivity index (χ0n) is 10.6. The first-order valence-corrected chi connectivity index (χ1v) is 6.19. The molecule has 0 atom stereocenters. The lowest BCUT2D eigenvalue weighted by Gasteiger charge is -2.08. The van der Waals surface area contributed by atoms with E-state index in [-0.39, 0.29) is 10.6 Å². The van der Waals surface area contributed by atoms with E-state index in [0.717, 1.165) is 17.2 Å². The van der Waals surface area contributed by atoms with Crippen LogP contribution in [0.25, 0.3) is 0 Å². The average molecular weight is 278 g/mol. The van der Waals surface area contributed by atoms with Gasteiger partial charge in [0.05, 0.1) is 5.56 Å². The van der Waals surface area contributed by atoms with Crippen molar-refractivity contribution in [2.75, 3.05) is 5.32 Å². The molecule has 0 fully saturated rings. The van der Waals surface area contributed by atoms with Crippen LogP contribution in [0.5, 0.6) is 0 Å². The maximum absolute atomic E-state index is 13.6. The molecule has 1 amide bonds. The highest BCUT2D eigenvalue weighted by molar-refractivity contribution is 6.30. The highest BCUT2D eigenvalue weighted by Crippen LogP contribution is 2.18. The van der Waals surface area contributed by atoms with E-state index in [2.05, 4.69) is 5.32 Å². The number of halogens is 2. The molecule has 2 aromatic rings. The summed E-state index contributed by atoms with van der Waals surface area (Å²) in [5, 5.41) is 2.93. The van der Waals surface area contributed by atoms with Crippen molar-refractivity contribution in [3.05, 3.63) is 63.9 Å². The van der Waals surface area contributed by atoms with Crippen molar-refractivity contribution in [1.29, 1.82) is 0 Å². The molecule has 0 spiro atoms. The van der Waals surface area contributed by atoms with Crippen molar-refractivity contribution < 1.29 is 9.18 Å². The number of rotatable bonds is 2.